The Morgan fingerprint density at radius 3 is 2.53 bits per heavy atom. The van der Waals surface area contributed by atoms with E-state index in [2.05, 4.69) is 16.7 Å². The number of anilines is 1. The zero-order chi connectivity index (χ0) is 21.1. The quantitative estimate of drug-likeness (QED) is 0.723. The van der Waals surface area contributed by atoms with Crippen LogP contribution in [0.4, 0.5) is 10.1 Å². The van der Waals surface area contributed by atoms with Crippen LogP contribution in [0, 0.1) is 18.7 Å². The Hall–Kier alpha value is -2.11. The Morgan fingerprint density at radius 1 is 1.07 bits per heavy atom. The first kappa shape index (κ1) is 21.1. The standard InChI is InChI=1S/C24H29ClFN3O/c1-18-4-7-21(25)15-23(18)28-11-13-29(14-12-28)24(30)20-3-2-10-27(17-20)16-19-5-8-22(26)9-6-19/h4-9,15,20H,2-3,10-14,16-17H2,1H3/t20-/m1/s1. The zero-order valence-electron chi connectivity index (χ0n) is 17.5. The van der Waals surface area contributed by atoms with Gasteiger partial charge in [-0.2, -0.15) is 0 Å². The molecule has 1 amide bonds. The van der Waals surface area contributed by atoms with Crippen LogP contribution in [0.5, 0.6) is 0 Å². The monoisotopic (exact) mass is 429 g/mol. The number of piperidine rings is 1. The molecule has 0 N–H and O–H groups in total. The van der Waals surface area contributed by atoms with Crippen LogP contribution in [-0.4, -0.2) is 55.0 Å². The first-order valence-electron chi connectivity index (χ1n) is 10.8. The summed E-state index contributed by atoms with van der Waals surface area (Å²) in [5.74, 6) is 0.123. The van der Waals surface area contributed by atoms with Crippen molar-refractivity contribution in [3.63, 3.8) is 0 Å². The van der Waals surface area contributed by atoms with Crippen molar-refractivity contribution in [3.8, 4) is 0 Å². The molecule has 0 bridgehead atoms. The largest absolute Gasteiger partial charge is 0.368 e. The van der Waals surface area contributed by atoms with Gasteiger partial charge in [-0.1, -0.05) is 29.8 Å². The van der Waals surface area contributed by atoms with Gasteiger partial charge in [0.05, 0.1) is 5.92 Å². The Kier molecular flexibility index (Phi) is 6.59. The second kappa shape index (κ2) is 9.36. The third-order valence-electron chi connectivity index (χ3n) is 6.28. The highest BCUT2D eigenvalue weighted by Gasteiger charge is 2.31. The number of halogens is 2. The number of benzene rings is 2. The zero-order valence-corrected chi connectivity index (χ0v) is 18.2. The molecule has 0 spiro atoms. The van der Waals surface area contributed by atoms with Crippen molar-refractivity contribution in [1.29, 1.82) is 0 Å². The lowest BCUT2D eigenvalue weighted by molar-refractivity contribution is -0.137. The predicted molar refractivity (Wildman–Crippen MR) is 119 cm³/mol. The van der Waals surface area contributed by atoms with Crippen LogP contribution in [0.25, 0.3) is 0 Å². The van der Waals surface area contributed by atoms with Gasteiger partial charge >= 0.3 is 0 Å². The van der Waals surface area contributed by atoms with Gasteiger partial charge in [-0.25, -0.2) is 4.39 Å². The number of carbonyl (C=O) groups excluding carboxylic acids is 1. The third kappa shape index (κ3) is 4.96. The Balaban J connectivity index is 1.32. The number of likely N-dealkylation sites (tertiary alicyclic amines) is 1. The molecule has 2 aliphatic heterocycles. The lowest BCUT2D eigenvalue weighted by Crippen LogP contribution is -2.52. The number of hydrogen-bond donors (Lipinski definition) is 0. The molecule has 2 aromatic rings. The summed E-state index contributed by atoms with van der Waals surface area (Å²) in [7, 11) is 0. The van der Waals surface area contributed by atoms with Crippen molar-refractivity contribution in [3.05, 3.63) is 64.4 Å². The first-order chi connectivity index (χ1) is 14.5. The minimum atomic E-state index is -0.211. The van der Waals surface area contributed by atoms with Crippen LogP contribution in [0.15, 0.2) is 42.5 Å². The van der Waals surface area contributed by atoms with Crippen molar-refractivity contribution in [2.45, 2.75) is 26.3 Å². The lowest BCUT2D eigenvalue weighted by Gasteiger charge is -2.40. The predicted octanol–water partition coefficient (Wildman–Crippen LogP) is 4.35. The second-order valence-electron chi connectivity index (χ2n) is 8.44. The molecule has 2 saturated heterocycles. The fraction of sp³-hybridized carbons (Fsp3) is 0.458. The van der Waals surface area contributed by atoms with Crippen molar-refractivity contribution in [2.75, 3.05) is 44.2 Å². The molecule has 0 aliphatic carbocycles. The molecule has 2 aliphatic rings. The normalized spacial score (nSPS) is 20.4. The van der Waals surface area contributed by atoms with E-state index >= 15 is 0 Å². The molecule has 30 heavy (non-hydrogen) atoms. The van der Waals surface area contributed by atoms with Gasteiger partial charge in [0, 0.05) is 50.0 Å². The minimum Gasteiger partial charge on any atom is -0.368 e. The molecule has 1 atom stereocenters. The van der Waals surface area contributed by atoms with E-state index in [9.17, 15) is 9.18 Å². The van der Waals surface area contributed by atoms with Gasteiger partial charge in [-0.15, -0.1) is 0 Å². The van der Waals surface area contributed by atoms with Gasteiger partial charge in [0.25, 0.3) is 0 Å². The molecule has 6 heteroatoms. The number of amides is 1. The molecule has 2 fully saturated rings. The fourth-order valence-electron chi connectivity index (χ4n) is 4.60. The molecule has 0 saturated carbocycles. The van der Waals surface area contributed by atoms with E-state index in [1.807, 2.05) is 35.2 Å². The molecule has 2 heterocycles. The van der Waals surface area contributed by atoms with E-state index < -0.39 is 0 Å². The van der Waals surface area contributed by atoms with Crippen LogP contribution in [0.2, 0.25) is 5.02 Å². The van der Waals surface area contributed by atoms with Crippen LogP contribution in [0.3, 0.4) is 0 Å². The van der Waals surface area contributed by atoms with Gasteiger partial charge in [-0.05, 0) is 61.7 Å². The van der Waals surface area contributed by atoms with E-state index in [0.29, 0.717) is 0 Å². The second-order valence-corrected chi connectivity index (χ2v) is 8.88. The van der Waals surface area contributed by atoms with E-state index in [1.54, 1.807) is 0 Å². The number of nitrogens with zero attached hydrogens (tertiary/aromatic N) is 3. The number of aryl methyl sites for hydroxylation is 1. The summed E-state index contributed by atoms with van der Waals surface area (Å²) >= 11 is 6.18. The van der Waals surface area contributed by atoms with E-state index in [-0.39, 0.29) is 17.6 Å². The van der Waals surface area contributed by atoms with Crippen molar-refractivity contribution in [1.82, 2.24) is 9.80 Å². The van der Waals surface area contributed by atoms with Gasteiger partial charge in [-0.3, -0.25) is 9.69 Å². The van der Waals surface area contributed by atoms with E-state index in [1.165, 1.54) is 17.7 Å². The summed E-state index contributed by atoms with van der Waals surface area (Å²) in [4.78, 5) is 19.9. The molecule has 0 aromatic heterocycles. The number of piperazine rings is 1. The summed E-state index contributed by atoms with van der Waals surface area (Å²) < 4.78 is 13.1. The Morgan fingerprint density at radius 2 is 1.80 bits per heavy atom. The summed E-state index contributed by atoms with van der Waals surface area (Å²) in [6.45, 7) is 7.80. The van der Waals surface area contributed by atoms with Gasteiger partial charge in [0.2, 0.25) is 5.91 Å². The number of rotatable bonds is 4. The summed E-state index contributed by atoms with van der Waals surface area (Å²) in [6.07, 6.45) is 1.98. The topological polar surface area (TPSA) is 26.8 Å². The molecule has 4 nitrogen and oxygen atoms in total. The van der Waals surface area contributed by atoms with Crippen LogP contribution in [-0.2, 0) is 11.3 Å². The highest BCUT2D eigenvalue weighted by atomic mass is 35.5. The SMILES string of the molecule is Cc1ccc(Cl)cc1N1CCN(C(=O)[C@@H]2CCCN(Cc3ccc(F)cc3)C2)CC1. The lowest BCUT2D eigenvalue weighted by atomic mass is 9.95. The van der Waals surface area contributed by atoms with Crippen molar-refractivity contribution in [2.24, 2.45) is 5.92 Å². The average molecular weight is 430 g/mol. The molecular formula is C24H29ClFN3O. The number of carbonyl (C=O) groups is 1. The number of hydrogen-bond acceptors (Lipinski definition) is 3. The highest BCUT2D eigenvalue weighted by Crippen LogP contribution is 2.26. The summed E-state index contributed by atoms with van der Waals surface area (Å²) in [6, 6.07) is 12.7. The maximum absolute atomic E-state index is 13.2. The van der Waals surface area contributed by atoms with Crippen molar-refractivity contribution >= 4 is 23.2 Å². The minimum absolute atomic E-state index is 0.0543. The van der Waals surface area contributed by atoms with Crippen molar-refractivity contribution < 1.29 is 9.18 Å². The fourth-order valence-corrected chi connectivity index (χ4v) is 4.76. The van der Waals surface area contributed by atoms with Gasteiger partial charge < -0.3 is 9.80 Å². The summed E-state index contributed by atoms with van der Waals surface area (Å²) in [5.41, 5.74) is 3.47. The molecular weight excluding hydrogens is 401 g/mol. The summed E-state index contributed by atoms with van der Waals surface area (Å²) in [5, 5.41) is 0.748. The Labute approximate surface area is 183 Å². The maximum Gasteiger partial charge on any atom is 0.227 e. The molecule has 0 unspecified atom stereocenters. The maximum atomic E-state index is 13.2. The van der Waals surface area contributed by atoms with Crippen LogP contribution in [0.1, 0.15) is 24.0 Å². The van der Waals surface area contributed by atoms with E-state index in [4.69, 9.17) is 11.6 Å². The molecule has 160 valence electrons. The van der Waals surface area contributed by atoms with Crippen LogP contribution < -0.4 is 4.90 Å². The Bertz CT molecular complexity index is 881. The molecule has 4 rings (SSSR count). The highest BCUT2D eigenvalue weighted by molar-refractivity contribution is 6.30. The average Bonchev–Trinajstić information content (AvgIpc) is 2.77. The smallest absolute Gasteiger partial charge is 0.227 e. The van der Waals surface area contributed by atoms with Gasteiger partial charge in [0.15, 0.2) is 0 Å². The first-order valence-corrected chi connectivity index (χ1v) is 11.1. The van der Waals surface area contributed by atoms with Crippen LogP contribution >= 0.6 is 11.6 Å². The molecule has 0 radical (unpaired) electrons. The van der Waals surface area contributed by atoms with Gasteiger partial charge in [0.1, 0.15) is 5.82 Å². The molecule has 2 aromatic carbocycles. The van der Waals surface area contributed by atoms with E-state index in [0.717, 1.165) is 74.9 Å². The third-order valence-corrected chi connectivity index (χ3v) is 6.51.